The number of rotatable bonds is 8. The summed E-state index contributed by atoms with van der Waals surface area (Å²) in [5, 5.41) is 12.7. The zero-order valence-corrected chi connectivity index (χ0v) is 13.4. The molecule has 0 bridgehead atoms. The summed E-state index contributed by atoms with van der Waals surface area (Å²) in [6, 6.07) is 4.76. The number of hydrogen-bond acceptors (Lipinski definition) is 3. The number of carbonyl (C=O) groups excluding carboxylic acids is 1. The highest BCUT2D eigenvalue weighted by Crippen LogP contribution is 2.24. The van der Waals surface area contributed by atoms with Gasteiger partial charge in [0.1, 0.15) is 11.8 Å². The first-order valence-electron chi connectivity index (χ1n) is 7.71. The van der Waals surface area contributed by atoms with Crippen molar-refractivity contribution >= 4 is 22.8 Å². The molecule has 2 aromatic rings. The molecule has 0 spiro atoms. The van der Waals surface area contributed by atoms with Crippen LogP contribution in [0.25, 0.3) is 10.9 Å². The standard InChI is InChI=1S/C17H22N2O4/c1-3-4-5-15(17(21)22)19-16(20)8-11-10-18-14-7-6-12(23-2)9-13(11)14/h6-7,9-10,15,18H,3-5,8H2,1-2H3,(H,19,20)(H,21,22)/t15-/m0/s1. The van der Waals surface area contributed by atoms with Crippen molar-refractivity contribution in [3.05, 3.63) is 30.0 Å². The van der Waals surface area contributed by atoms with Gasteiger partial charge in [-0.2, -0.15) is 0 Å². The Morgan fingerprint density at radius 1 is 1.39 bits per heavy atom. The van der Waals surface area contributed by atoms with Gasteiger partial charge < -0.3 is 20.1 Å². The second kappa shape index (κ2) is 7.67. The number of unbranched alkanes of at least 4 members (excludes halogenated alkanes) is 1. The van der Waals surface area contributed by atoms with Crippen molar-refractivity contribution in [3.63, 3.8) is 0 Å². The number of H-pyrrole nitrogens is 1. The van der Waals surface area contributed by atoms with E-state index in [0.717, 1.165) is 29.3 Å². The van der Waals surface area contributed by atoms with Crippen molar-refractivity contribution in [3.8, 4) is 5.75 Å². The molecule has 0 fully saturated rings. The number of methoxy groups -OCH3 is 1. The Hall–Kier alpha value is -2.50. The van der Waals surface area contributed by atoms with E-state index in [1.54, 1.807) is 13.3 Å². The Morgan fingerprint density at radius 2 is 2.17 bits per heavy atom. The predicted octanol–water partition coefficient (Wildman–Crippen LogP) is 2.48. The number of carboxylic acid groups (broad SMARTS) is 1. The van der Waals surface area contributed by atoms with E-state index in [2.05, 4.69) is 10.3 Å². The third kappa shape index (κ3) is 4.25. The maximum Gasteiger partial charge on any atom is 0.326 e. The maximum atomic E-state index is 12.2. The average Bonchev–Trinajstić information content (AvgIpc) is 2.93. The van der Waals surface area contributed by atoms with Crippen LogP contribution in [0.3, 0.4) is 0 Å². The number of benzene rings is 1. The SMILES string of the molecule is CCCC[C@H](NC(=O)Cc1c[nH]c2ccc(OC)cc12)C(=O)O. The van der Waals surface area contributed by atoms with Crippen molar-refractivity contribution in [2.45, 2.75) is 38.6 Å². The van der Waals surface area contributed by atoms with E-state index in [4.69, 9.17) is 4.74 Å². The number of ether oxygens (including phenoxy) is 1. The molecule has 124 valence electrons. The molecule has 6 nitrogen and oxygen atoms in total. The molecular weight excluding hydrogens is 296 g/mol. The van der Waals surface area contributed by atoms with Crippen molar-refractivity contribution in [1.29, 1.82) is 0 Å². The van der Waals surface area contributed by atoms with Crippen LogP contribution in [0.4, 0.5) is 0 Å². The number of aromatic amines is 1. The van der Waals surface area contributed by atoms with Crippen molar-refractivity contribution in [1.82, 2.24) is 10.3 Å². The molecule has 1 aromatic heterocycles. The van der Waals surface area contributed by atoms with Gasteiger partial charge in [0.2, 0.25) is 5.91 Å². The number of hydrogen-bond donors (Lipinski definition) is 3. The highest BCUT2D eigenvalue weighted by atomic mass is 16.5. The fourth-order valence-electron chi connectivity index (χ4n) is 2.51. The van der Waals surface area contributed by atoms with Gasteiger partial charge in [-0.15, -0.1) is 0 Å². The second-order valence-corrected chi connectivity index (χ2v) is 5.50. The smallest absolute Gasteiger partial charge is 0.326 e. The summed E-state index contributed by atoms with van der Waals surface area (Å²) in [4.78, 5) is 26.5. The van der Waals surface area contributed by atoms with Crippen LogP contribution >= 0.6 is 0 Å². The van der Waals surface area contributed by atoms with E-state index >= 15 is 0 Å². The second-order valence-electron chi connectivity index (χ2n) is 5.50. The zero-order chi connectivity index (χ0) is 16.8. The van der Waals surface area contributed by atoms with Gasteiger partial charge in [0.15, 0.2) is 0 Å². The number of carboxylic acids is 1. The third-order valence-electron chi connectivity index (χ3n) is 3.81. The van der Waals surface area contributed by atoms with Crippen LogP contribution in [-0.2, 0) is 16.0 Å². The summed E-state index contributed by atoms with van der Waals surface area (Å²) in [6.45, 7) is 1.99. The van der Waals surface area contributed by atoms with E-state index < -0.39 is 12.0 Å². The van der Waals surface area contributed by atoms with E-state index in [9.17, 15) is 14.7 Å². The highest BCUT2D eigenvalue weighted by molar-refractivity contribution is 5.91. The van der Waals surface area contributed by atoms with Gasteiger partial charge in [-0.3, -0.25) is 4.79 Å². The largest absolute Gasteiger partial charge is 0.497 e. The van der Waals surface area contributed by atoms with Crippen LogP contribution in [0.15, 0.2) is 24.4 Å². The quantitative estimate of drug-likeness (QED) is 0.697. The third-order valence-corrected chi connectivity index (χ3v) is 3.81. The lowest BCUT2D eigenvalue weighted by Gasteiger charge is -2.13. The van der Waals surface area contributed by atoms with Crippen LogP contribution < -0.4 is 10.1 Å². The minimum absolute atomic E-state index is 0.128. The molecule has 0 saturated heterocycles. The highest BCUT2D eigenvalue weighted by Gasteiger charge is 2.20. The molecule has 0 unspecified atom stereocenters. The Labute approximate surface area is 134 Å². The maximum absolute atomic E-state index is 12.2. The van der Waals surface area contributed by atoms with Gasteiger partial charge in [-0.05, 0) is 30.2 Å². The molecule has 1 aromatic carbocycles. The Balaban J connectivity index is 2.08. The first-order valence-corrected chi connectivity index (χ1v) is 7.71. The topological polar surface area (TPSA) is 91.4 Å². The summed E-state index contributed by atoms with van der Waals surface area (Å²) in [5.74, 6) is -0.574. The fourth-order valence-corrected chi connectivity index (χ4v) is 2.51. The molecule has 0 aliphatic rings. The number of nitrogens with one attached hydrogen (secondary N) is 2. The van der Waals surface area contributed by atoms with Crippen molar-refractivity contribution < 1.29 is 19.4 Å². The Kier molecular flexibility index (Phi) is 5.62. The molecule has 2 rings (SSSR count). The summed E-state index contributed by atoms with van der Waals surface area (Å²) in [6.07, 6.45) is 4.00. The Morgan fingerprint density at radius 3 is 2.83 bits per heavy atom. The minimum atomic E-state index is -0.993. The lowest BCUT2D eigenvalue weighted by Crippen LogP contribution is -2.41. The molecule has 1 amide bonds. The first kappa shape index (κ1) is 16.9. The molecule has 0 aliphatic carbocycles. The summed E-state index contributed by atoms with van der Waals surface area (Å²) >= 11 is 0. The van der Waals surface area contributed by atoms with Crippen LogP contribution in [0.5, 0.6) is 5.75 Å². The molecular formula is C17H22N2O4. The van der Waals surface area contributed by atoms with E-state index in [0.29, 0.717) is 12.2 Å². The minimum Gasteiger partial charge on any atom is -0.497 e. The van der Waals surface area contributed by atoms with Gasteiger partial charge >= 0.3 is 5.97 Å². The van der Waals surface area contributed by atoms with Gasteiger partial charge in [-0.25, -0.2) is 4.79 Å². The predicted molar refractivity (Wildman–Crippen MR) is 87.6 cm³/mol. The molecule has 1 atom stereocenters. The molecule has 1 heterocycles. The number of carbonyl (C=O) groups is 2. The van der Waals surface area contributed by atoms with Crippen molar-refractivity contribution in [2.75, 3.05) is 7.11 Å². The number of fused-ring (bicyclic) bond motifs is 1. The summed E-state index contributed by atoms with van der Waals surface area (Å²) < 4.78 is 5.20. The van der Waals surface area contributed by atoms with Gasteiger partial charge in [0.25, 0.3) is 0 Å². The fraction of sp³-hybridized carbons (Fsp3) is 0.412. The van der Waals surface area contributed by atoms with Crippen LogP contribution in [0, 0.1) is 0 Å². The molecule has 0 aliphatic heterocycles. The van der Waals surface area contributed by atoms with E-state index in [1.807, 2.05) is 25.1 Å². The van der Waals surface area contributed by atoms with Crippen LogP contribution in [0.2, 0.25) is 0 Å². The monoisotopic (exact) mass is 318 g/mol. The van der Waals surface area contributed by atoms with E-state index in [-0.39, 0.29) is 12.3 Å². The van der Waals surface area contributed by atoms with Gasteiger partial charge in [0.05, 0.1) is 13.5 Å². The molecule has 23 heavy (non-hydrogen) atoms. The van der Waals surface area contributed by atoms with Crippen LogP contribution in [0.1, 0.15) is 31.7 Å². The van der Waals surface area contributed by atoms with Gasteiger partial charge in [0, 0.05) is 17.1 Å². The van der Waals surface area contributed by atoms with Gasteiger partial charge in [-0.1, -0.05) is 19.8 Å². The molecule has 3 N–H and O–H groups in total. The summed E-state index contributed by atoms with van der Waals surface area (Å²) in [7, 11) is 1.59. The zero-order valence-electron chi connectivity index (χ0n) is 13.4. The van der Waals surface area contributed by atoms with E-state index in [1.165, 1.54) is 0 Å². The Bertz CT molecular complexity index is 693. The van der Waals surface area contributed by atoms with Crippen molar-refractivity contribution in [2.24, 2.45) is 0 Å². The lowest BCUT2D eigenvalue weighted by molar-refractivity contribution is -0.141. The molecule has 0 radical (unpaired) electrons. The average molecular weight is 318 g/mol. The number of aromatic nitrogens is 1. The summed E-state index contributed by atoms with van der Waals surface area (Å²) in [5.41, 5.74) is 1.73. The number of amides is 1. The molecule has 6 heteroatoms. The van der Waals surface area contributed by atoms with Crippen LogP contribution in [-0.4, -0.2) is 35.1 Å². The lowest BCUT2D eigenvalue weighted by atomic mass is 10.1. The number of aliphatic carboxylic acids is 1. The normalized spacial score (nSPS) is 12.1. The first-order chi connectivity index (χ1) is 11.0. The molecule has 0 saturated carbocycles.